The number of amides is 1. The standard InChI is InChI=1S/C15H19NO3/c1-3-16(2)15(18)10-19-14-9-5-6-11-12(14)7-4-8-13(11)17/h5-6,9H,3-4,7-8,10H2,1-2H3. The van der Waals surface area contributed by atoms with Gasteiger partial charge in [0.25, 0.3) is 5.91 Å². The molecule has 0 spiro atoms. The fourth-order valence-corrected chi connectivity index (χ4v) is 2.21. The van der Waals surface area contributed by atoms with Crippen molar-refractivity contribution in [1.29, 1.82) is 0 Å². The van der Waals surface area contributed by atoms with Crippen molar-refractivity contribution in [2.75, 3.05) is 20.2 Å². The summed E-state index contributed by atoms with van der Waals surface area (Å²) in [5, 5.41) is 0. The lowest BCUT2D eigenvalue weighted by molar-refractivity contribution is -0.131. The van der Waals surface area contributed by atoms with Crippen molar-refractivity contribution in [3.63, 3.8) is 0 Å². The van der Waals surface area contributed by atoms with E-state index < -0.39 is 0 Å². The number of hydrogen-bond donors (Lipinski definition) is 0. The third kappa shape index (κ3) is 2.95. The van der Waals surface area contributed by atoms with E-state index in [2.05, 4.69) is 0 Å². The highest BCUT2D eigenvalue weighted by Gasteiger charge is 2.20. The summed E-state index contributed by atoms with van der Waals surface area (Å²) in [7, 11) is 1.75. The average Bonchev–Trinajstić information content (AvgIpc) is 2.44. The summed E-state index contributed by atoms with van der Waals surface area (Å²) in [4.78, 5) is 25.1. The van der Waals surface area contributed by atoms with Crippen LogP contribution in [0.4, 0.5) is 0 Å². The molecule has 0 radical (unpaired) electrons. The Hall–Kier alpha value is -1.84. The second-order valence-electron chi connectivity index (χ2n) is 4.76. The second-order valence-corrected chi connectivity index (χ2v) is 4.76. The highest BCUT2D eigenvalue weighted by atomic mass is 16.5. The van der Waals surface area contributed by atoms with Gasteiger partial charge < -0.3 is 9.64 Å². The number of nitrogens with zero attached hydrogens (tertiary/aromatic N) is 1. The molecule has 102 valence electrons. The molecule has 0 fully saturated rings. The first-order valence-electron chi connectivity index (χ1n) is 6.65. The fraction of sp³-hybridized carbons (Fsp3) is 0.467. The molecular weight excluding hydrogens is 242 g/mol. The van der Waals surface area contributed by atoms with Crippen LogP contribution in [0.1, 0.15) is 35.7 Å². The second kappa shape index (κ2) is 5.87. The number of likely N-dealkylation sites (N-methyl/N-ethyl adjacent to an activating group) is 1. The number of ketones is 1. The molecule has 0 N–H and O–H groups in total. The van der Waals surface area contributed by atoms with E-state index in [9.17, 15) is 9.59 Å². The lowest BCUT2D eigenvalue weighted by Crippen LogP contribution is -2.31. The zero-order valence-electron chi connectivity index (χ0n) is 11.4. The predicted molar refractivity (Wildman–Crippen MR) is 72.5 cm³/mol. The minimum absolute atomic E-state index is 0.0228. The lowest BCUT2D eigenvalue weighted by Gasteiger charge is -2.20. The van der Waals surface area contributed by atoms with Crippen LogP contribution in [0.3, 0.4) is 0 Å². The summed E-state index contributed by atoms with van der Waals surface area (Å²) in [5.41, 5.74) is 1.70. The molecule has 1 amide bonds. The van der Waals surface area contributed by atoms with Gasteiger partial charge in [0.05, 0.1) is 0 Å². The van der Waals surface area contributed by atoms with Crippen molar-refractivity contribution in [2.45, 2.75) is 26.2 Å². The molecule has 0 bridgehead atoms. The fourth-order valence-electron chi connectivity index (χ4n) is 2.21. The summed E-state index contributed by atoms with van der Waals surface area (Å²) < 4.78 is 5.59. The number of Topliss-reactive ketones (excluding diaryl/α,β-unsaturated/α-hetero) is 1. The quantitative estimate of drug-likeness (QED) is 0.833. The molecule has 0 saturated heterocycles. The van der Waals surface area contributed by atoms with E-state index in [1.165, 1.54) is 0 Å². The van der Waals surface area contributed by atoms with Crippen LogP contribution in [0.15, 0.2) is 18.2 Å². The molecule has 1 aliphatic carbocycles. The molecule has 4 heteroatoms. The number of rotatable bonds is 4. The highest BCUT2D eigenvalue weighted by Crippen LogP contribution is 2.29. The Bertz CT molecular complexity index is 496. The van der Waals surface area contributed by atoms with Crippen molar-refractivity contribution in [2.24, 2.45) is 0 Å². The van der Waals surface area contributed by atoms with Crippen LogP contribution in [0.2, 0.25) is 0 Å². The number of fused-ring (bicyclic) bond motifs is 1. The molecular formula is C15H19NO3. The highest BCUT2D eigenvalue weighted by molar-refractivity contribution is 5.99. The summed E-state index contributed by atoms with van der Waals surface area (Å²) in [5.74, 6) is 0.786. The van der Waals surface area contributed by atoms with Gasteiger partial charge in [0.1, 0.15) is 5.75 Å². The summed E-state index contributed by atoms with van der Waals surface area (Å²) in [6.07, 6.45) is 2.30. The number of carbonyl (C=O) groups excluding carboxylic acids is 2. The molecule has 0 saturated carbocycles. The maximum atomic E-state index is 11.8. The SMILES string of the molecule is CCN(C)C(=O)COc1cccc2c1CCCC2=O. The van der Waals surface area contributed by atoms with E-state index >= 15 is 0 Å². The predicted octanol–water partition coefficient (Wildman–Crippen LogP) is 2.06. The number of ether oxygens (including phenoxy) is 1. The van der Waals surface area contributed by atoms with Crippen LogP contribution in [-0.4, -0.2) is 36.8 Å². The number of hydrogen-bond acceptors (Lipinski definition) is 3. The van der Waals surface area contributed by atoms with E-state index in [-0.39, 0.29) is 18.3 Å². The smallest absolute Gasteiger partial charge is 0.260 e. The van der Waals surface area contributed by atoms with Crippen LogP contribution in [0.25, 0.3) is 0 Å². The maximum Gasteiger partial charge on any atom is 0.260 e. The van der Waals surface area contributed by atoms with Gasteiger partial charge in [-0.1, -0.05) is 12.1 Å². The Labute approximate surface area is 113 Å². The van der Waals surface area contributed by atoms with Crippen molar-refractivity contribution in [3.05, 3.63) is 29.3 Å². The first-order valence-corrected chi connectivity index (χ1v) is 6.65. The van der Waals surface area contributed by atoms with Gasteiger partial charge in [-0.3, -0.25) is 9.59 Å². The third-order valence-corrected chi connectivity index (χ3v) is 3.52. The van der Waals surface area contributed by atoms with Crippen molar-refractivity contribution < 1.29 is 14.3 Å². The van der Waals surface area contributed by atoms with Gasteiger partial charge in [-0.15, -0.1) is 0 Å². The van der Waals surface area contributed by atoms with Crippen LogP contribution < -0.4 is 4.74 Å². The lowest BCUT2D eigenvalue weighted by atomic mass is 9.90. The molecule has 0 atom stereocenters. The first-order chi connectivity index (χ1) is 9.13. The molecule has 4 nitrogen and oxygen atoms in total. The normalized spacial score (nSPS) is 13.9. The third-order valence-electron chi connectivity index (χ3n) is 3.52. The number of benzene rings is 1. The van der Waals surface area contributed by atoms with Gasteiger partial charge >= 0.3 is 0 Å². The van der Waals surface area contributed by atoms with E-state index in [0.717, 1.165) is 24.0 Å². The summed E-state index contributed by atoms with van der Waals surface area (Å²) in [6, 6.07) is 5.48. The Balaban J connectivity index is 2.11. The van der Waals surface area contributed by atoms with Gasteiger partial charge in [0.2, 0.25) is 0 Å². The Morgan fingerprint density at radius 3 is 2.89 bits per heavy atom. The maximum absolute atomic E-state index is 11.8. The van der Waals surface area contributed by atoms with Gasteiger partial charge in [-0.2, -0.15) is 0 Å². The van der Waals surface area contributed by atoms with Crippen molar-refractivity contribution >= 4 is 11.7 Å². The Kier molecular flexibility index (Phi) is 4.20. The Morgan fingerprint density at radius 2 is 2.16 bits per heavy atom. The monoisotopic (exact) mass is 261 g/mol. The average molecular weight is 261 g/mol. The van der Waals surface area contributed by atoms with Gasteiger partial charge in [0, 0.05) is 31.1 Å². The van der Waals surface area contributed by atoms with Crippen molar-refractivity contribution in [1.82, 2.24) is 4.90 Å². The van der Waals surface area contributed by atoms with Crippen LogP contribution in [-0.2, 0) is 11.2 Å². The van der Waals surface area contributed by atoms with E-state index in [4.69, 9.17) is 4.74 Å². The van der Waals surface area contributed by atoms with Crippen molar-refractivity contribution in [3.8, 4) is 5.75 Å². The van der Waals surface area contributed by atoms with Gasteiger partial charge in [-0.25, -0.2) is 0 Å². The minimum atomic E-state index is -0.0535. The molecule has 0 aliphatic heterocycles. The largest absolute Gasteiger partial charge is 0.483 e. The van der Waals surface area contributed by atoms with Gasteiger partial charge in [0.15, 0.2) is 12.4 Å². The van der Waals surface area contributed by atoms with E-state index in [1.807, 2.05) is 25.1 Å². The molecule has 1 aromatic rings. The van der Waals surface area contributed by atoms with Crippen LogP contribution >= 0.6 is 0 Å². The molecule has 0 unspecified atom stereocenters. The molecule has 19 heavy (non-hydrogen) atoms. The molecule has 2 rings (SSSR count). The van der Waals surface area contributed by atoms with Crippen LogP contribution in [0, 0.1) is 0 Å². The molecule has 0 heterocycles. The van der Waals surface area contributed by atoms with E-state index in [1.54, 1.807) is 11.9 Å². The summed E-state index contributed by atoms with van der Waals surface area (Å²) >= 11 is 0. The van der Waals surface area contributed by atoms with E-state index in [0.29, 0.717) is 18.7 Å². The summed E-state index contributed by atoms with van der Waals surface area (Å²) in [6.45, 7) is 2.60. The number of carbonyl (C=O) groups is 2. The zero-order chi connectivity index (χ0) is 13.8. The molecule has 1 aromatic carbocycles. The molecule has 1 aliphatic rings. The zero-order valence-corrected chi connectivity index (χ0v) is 11.4. The Morgan fingerprint density at radius 1 is 1.37 bits per heavy atom. The van der Waals surface area contributed by atoms with Gasteiger partial charge in [-0.05, 0) is 25.8 Å². The topological polar surface area (TPSA) is 46.6 Å². The molecule has 0 aromatic heterocycles. The minimum Gasteiger partial charge on any atom is -0.483 e. The van der Waals surface area contributed by atoms with Crippen LogP contribution in [0.5, 0.6) is 5.75 Å². The first kappa shape index (κ1) is 13.6.